The van der Waals surface area contributed by atoms with Crippen LogP contribution in [0.4, 0.5) is 0 Å². The molecule has 0 aromatic heterocycles. The average Bonchev–Trinajstić information content (AvgIpc) is 3.62. The van der Waals surface area contributed by atoms with Crippen LogP contribution in [0.25, 0.3) is 44.5 Å². The van der Waals surface area contributed by atoms with Crippen molar-refractivity contribution in [1.82, 2.24) is 0 Å². The number of ether oxygens (including phenoxy) is 2. The van der Waals surface area contributed by atoms with Crippen molar-refractivity contribution in [2.24, 2.45) is 9.98 Å². The zero-order chi connectivity index (χ0) is 30.3. The van der Waals surface area contributed by atoms with E-state index in [9.17, 15) is 0 Å². The number of nitrogens with zero attached hydrogens (tertiary/aromatic N) is 2. The molecular formula is C40H36N2O2. The average molecular weight is 577 g/mol. The molecule has 0 bridgehead atoms. The van der Waals surface area contributed by atoms with Gasteiger partial charge in [-0.1, -0.05) is 78.9 Å². The molecule has 0 N–H and O–H groups in total. The van der Waals surface area contributed by atoms with E-state index in [1.54, 1.807) is 0 Å². The van der Waals surface area contributed by atoms with Crippen LogP contribution < -0.4 is 0 Å². The molecule has 2 aliphatic heterocycles. The van der Waals surface area contributed by atoms with Gasteiger partial charge in [0.15, 0.2) is 0 Å². The predicted molar refractivity (Wildman–Crippen MR) is 181 cm³/mol. The molecule has 4 nitrogen and oxygen atoms in total. The second kappa shape index (κ2) is 10.9. The van der Waals surface area contributed by atoms with Crippen LogP contribution in [0.5, 0.6) is 0 Å². The molecule has 4 heteroatoms. The first-order chi connectivity index (χ1) is 21.2. The van der Waals surface area contributed by atoms with E-state index < -0.39 is 0 Å². The lowest BCUT2D eigenvalue weighted by Gasteiger charge is -2.13. The van der Waals surface area contributed by atoms with Gasteiger partial charge in [0.1, 0.15) is 13.2 Å². The Kier molecular flexibility index (Phi) is 6.93. The summed E-state index contributed by atoms with van der Waals surface area (Å²) in [5.74, 6) is 1.41. The van der Waals surface area contributed by atoms with Crippen molar-refractivity contribution in [2.75, 3.05) is 13.2 Å². The van der Waals surface area contributed by atoms with E-state index in [-0.39, 0.29) is 11.1 Å². The largest absolute Gasteiger partial charge is 0.475 e. The topological polar surface area (TPSA) is 43.2 Å². The fourth-order valence-corrected chi connectivity index (χ4v) is 5.74. The molecule has 0 atom stereocenters. The minimum absolute atomic E-state index is 0.210. The van der Waals surface area contributed by atoms with E-state index in [2.05, 4.69) is 143 Å². The molecule has 0 radical (unpaired) electrons. The number of benzene rings is 5. The first kappa shape index (κ1) is 27.8. The Morgan fingerprint density at radius 3 is 1.16 bits per heavy atom. The van der Waals surface area contributed by atoms with Crippen molar-refractivity contribution in [3.8, 4) is 44.5 Å². The first-order valence-corrected chi connectivity index (χ1v) is 15.2. The van der Waals surface area contributed by atoms with Crippen molar-refractivity contribution >= 4 is 11.8 Å². The molecule has 0 saturated heterocycles. The smallest absolute Gasteiger partial charge is 0.216 e. The monoisotopic (exact) mass is 576 g/mol. The van der Waals surface area contributed by atoms with Gasteiger partial charge in [0.25, 0.3) is 0 Å². The maximum Gasteiger partial charge on any atom is 0.216 e. The lowest BCUT2D eigenvalue weighted by molar-refractivity contribution is 0.279. The fraction of sp³-hybridized carbons (Fsp3) is 0.200. The standard InChI is InChI=1S/C40H36N2O2/c1-39(2)25-43-37(41-39)32-14-8-12-30(20-32)35-22-34(29-18-16-28(17-19-29)27-10-6-5-7-11-27)23-36(24-35)31-13-9-15-33(21-31)38-42-40(3,4)26-44-38/h5-24H,25-26H2,1-4H3. The van der Waals surface area contributed by atoms with E-state index in [0.717, 1.165) is 44.5 Å². The summed E-state index contributed by atoms with van der Waals surface area (Å²) in [6.07, 6.45) is 0. The van der Waals surface area contributed by atoms with Gasteiger partial charge in [-0.3, -0.25) is 0 Å². The Morgan fingerprint density at radius 2 is 0.727 bits per heavy atom. The Balaban J connectivity index is 1.32. The number of hydrogen-bond donors (Lipinski definition) is 0. The first-order valence-electron chi connectivity index (χ1n) is 15.2. The summed E-state index contributed by atoms with van der Waals surface area (Å²) >= 11 is 0. The van der Waals surface area contributed by atoms with E-state index in [0.29, 0.717) is 25.0 Å². The highest BCUT2D eigenvalue weighted by Crippen LogP contribution is 2.35. The Bertz CT molecular complexity index is 1800. The third-order valence-electron chi connectivity index (χ3n) is 8.08. The zero-order valence-corrected chi connectivity index (χ0v) is 25.7. The Labute approximate surface area is 259 Å². The minimum Gasteiger partial charge on any atom is -0.475 e. The van der Waals surface area contributed by atoms with Crippen LogP contribution in [-0.4, -0.2) is 36.1 Å². The van der Waals surface area contributed by atoms with Crippen molar-refractivity contribution in [3.63, 3.8) is 0 Å². The van der Waals surface area contributed by atoms with Crippen molar-refractivity contribution in [3.05, 3.63) is 132 Å². The van der Waals surface area contributed by atoms with Gasteiger partial charge in [0.05, 0.1) is 11.1 Å². The summed E-state index contributed by atoms with van der Waals surface area (Å²) in [5.41, 5.74) is 10.8. The molecule has 2 heterocycles. The van der Waals surface area contributed by atoms with Crippen molar-refractivity contribution < 1.29 is 9.47 Å². The number of hydrogen-bond acceptors (Lipinski definition) is 4. The van der Waals surface area contributed by atoms with Gasteiger partial charge >= 0.3 is 0 Å². The highest BCUT2D eigenvalue weighted by molar-refractivity contribution is 5.98. The van der Waals surface area contributed by atoms with Crippen LogP contribution >= 0.6 is 0 Å². The summed E-state index contributed by atoms with van der Waals surface area (Å²) in [4.78, 5) is 9.64. The fourth-order valence-electron chi connectivity index (χ4n) is 5.74. The van der Waals surface area contributed by atoms with E-state index >= 15 is 0 Å². The molecule has 0 amide bonds. The second-order valence-corrected chi connectivity index (χ2v) is 12.9. The minimum atomic E-state index is -0.210. The molecule has 0 fully saturated rings. The summed E-state index contributed by atoms with van der Waals surface area (Å²) in [5, 5.41) is 0. The quantitative estimate of drug-likeness (QED) is 0.202. The molecule has 0 unspecified atom stereocenters. The van der Waals surface area contributed by atoms with Crippen LogP contribution in [0.3, 0.4) is 0 Å². The van der Waals surface area contributed by atoms with E-state index in [1.165, 1.54) is 11.1 Å². The van der Waals surface area contributed by atoms with Gasteiger partial charge in [-0.05, 0) is 115 Å². The van der Waals surface area contributed by atoms with Crippen LogP contribution in [0.1, 0.15) is 38.8 Å². The lowest BCUT2D eigenvalue weighted by Crippen LogP contribution is -2.17. The number of rotatable bonds is 6. The molecule has 218 valence electrons. The molecule has 5 aromatic rings. The van der Waals surface area contributed by atoms with Gasteiger partial charge < -0.3 is 9.47 Å². The molecule has 0 saturated carbocycles. The van der Waals surface area contributed by atoms with Crippen LogP contribution in [-0.2, 0) is 9.47 Å². The van der Waals surface area contributed by atoms with Crippen molar-refractivity contribution in [1.29, 1.82) is 0 Å². The molecule has 0 spiro atoms. The highest BCUT2D eigenvalue weighted by atomic mass is 16.5. The maximum atomic E-state index is 5.98. The molecule has 7 rings (SSSR count). The van der Waals surface area contributed by atoms with Crippen molar-refractivity contribution in [2.45, 2.75) is 38.8 Å². The van der Waals surface area contributed by atoms with Gasteiger partial charge in [-0.15, -0.1) is 0 Å². The normalized spacial score (nSPS) is 16.5. The zero-order valence-electron chi connectivity index (χ0n) is 25.7. The van der Waals surface area contributed by atoms with Gasteiger partial charge in [0.2, 0.25) is 11.8 Å². The van der Waals surface area contributed by atoms with Gasteiger partial charge in [-0.25, -0.2) is 9.98 Å². The van der Waals surface area contributed by atoms with Gasteiger partial charge in [-0.2, -0.15) is 0 Å². The summed E-state index contributed by atoms with van der Waals surface area (Å²) in [7, 11) is 0. The summed E-state index contributed by atoms with van der Waals surface area (Å²) < 4.78 is 12.0. The van der Waals surface area contributed by atoms with E-state index in [1.807, 2.05) is 6.07 Å². The van der Waals surface area contributed by atoms with E-state index in [4.69, 9.17) is 19.5 Å². The summed E-state index contributed by atoms with van der Waals surface area (Å²) in [6.45, 7) is 9.57. The molecule has 0 aliphatic carbocycles. The van der Waals surface area contributed by atoms with Crippen LogP contribution in [0.15, 0.2) is 131 Å². The SMILES string of the molecule is CC1(C)COC(c2cccc(-c3cc(-c4ccc(-c5ccccc5)cc4)cc(-c4cccc(C5=NC(C)(C)CO5)c4)c3)c2)=N1. The molecule has 5 aromatic carbocycles. The predicted octanol–water partition coefficient (Wildman–Crippen LogP) is 9.47. The van der Waals surface area contributed by atoms with Gasteiger partial charge in [0, 0.05) is 11.1 Å². The number of aliphatic imine (C=N–C) groups is 2. The van der Waals surface area contributed by atoms with Crippen LogP contribution in [0.2, 0.25) is 0 Å². The lowest BCUT2D eigenvalue weighted by atomic mass is 9.91. The Morgan fingerprint density at radius 1 is 0.386 bits per heavy atom. The molecular weight excluding hydrogens is 540 g/mol. The maximum absolute atomic E-state index is 5.98. The Hall–Kier alpha value is -4.96. The third kappa shape index (κ3) is 5.80. The molecule has 44 heavy (non-hydrogen) atoms. The molecule has 2 aliphatic rings. The second-order valence-electron chi connectivity index (χ2n) is 12.9. The highest BCUT2D eigenvalue weighted by Gasteiger charge is 2.28. The summed E-state index contributed by atoms with van der Waals surface area (Å²) in [6, 6.07) is 43.1. The third-order valence-corrected chi connectivity index (χ3v) is 8.08. The van der Waals surface area contributed by atoms with Crippen LogP contribution in [0, 0.1) is 0 Å².